The fourth-order valence-electron chi connectivity index (χ4n) is 5.92. The van der Waals surface area contributed by atoms with Crippen molar-refractivity contribution in [3.05, 3.63) is 129 Å². The molecule has 2 N–H and O–H groups in total. The van der Waals surface area contributed by atoms with Crippen LogP contribution < -0.4 is 11.2 Å². The zero-order chi connectivity index (χ0) is 34.9. The van der Waals surface area contributed by atoms with Gasteiger partial charge in [0.05, 0.1) is 7.95 Å². The first-order chi connectivity index (χ1) is 22.7. The molecule has 0 bridgehead atoms. The molecule has 2 aromatic carbocycles. The molecule has 0 radical (unpaired) electrons. The molecule has 1 fully saturated rings. The Morgan fingerprint density at radius 2 is 1.60 bits per heavy atom. The van der Waals surface area contributed by atoms with Crippen LogP contribution in [0.15, 0.2) is 106 Å². The topological polar surface area (TPSA) is 121 Å². The van der Waals surface area contributed by atoms with Gasteiger partial charge in [-0.2, -0.15) is 0 Å². The van der Waals surface area contributed by atoms with Crippen LogP contribution in [-0.2, 0) is 29.0 Å². The summed E-state index contributed by atoms with van der Waals surface area (Å²) in [5, 5.41) is 10.7. The van der Waals surface area contributed by atoms with E-state index >= 15 is 0 Å². The lowest BCUT2D eigenvalue weighted by Crippen LogP contribution is -2.52. The Labute approximate surface area is 278 Å². The van der Waals surface area contributed by atoms with Gasteiger partial charge >= 0.3 is 5.69 Å². The average molecular weight is 664 g/mol. The van der Waals surface area contributed by atoms with Crippen molar-refractivity contribution in [2.45, 2.75) is 81.3 Å². The van der Waals surface area contributed by atoms with Gasteiger partial charge in [0.1, 0.15) is 23.9 Å². The maximum Gasteiger partial charge on any atom is 0.330 e. The normalized spacial score (nSPS) is 24.1. The van der Waals surface area contributed by atoms with E-state index in [0.29, 0.717) is 6.42 Å². The van der Waals surface area contributed by atoms with Gasteiger partial charge in [-0.1, -0.05) is 93.6 Å². The van der Waals surface area contributed by atoms with Crippen LogP contribution in [0.3, 0.4) is 0 Å². The summed E-state index contributed by atoms with van der Waals surface area (Å²) in [6, 6.07) is 20.6. The lowest BCUT2D eigenvalue weighted by Gasteiger charge is -2.44. The summed E-state index contributed by atoms with van der Waals surface area (Å²) in [5.41, 5.74) is -0.257. The maximum atomic E-state index is 13.2. The van der Waals surface area contributed by atoms with Crippen LogP contribution in [0.5, 0.6) is 0 Å². The van der Waals surface area contributed by atoms with Crippen molar-refractivity contribution in [1.29, 1.82) is 0 Å². The molecule has 11 heteroatoms. The van der Waals surface area contributed by atoms with Crippen LogP contribution >= 0.6 is 0 Å². The summed E-state index contributed by atoms with van der Waals surface area (Å²) in [6.07, 6.45) is 3.04. The minimum absolute atomic E-state index is 0.260. The molecule has 252 valence electrons. The van der Waals surface area contributed by atoms with Crippen LogP contribution in [0, 0.1) is 0 Å². The summed E-state index contributed by atoms with van der Waals surface area (Å²) in [7, 11) is 0.539. The highest BCUT2D eigenvalue weighted by molar-refractivity contribution is 6.74. The highest BCUT2D eigenvalue weighted by Gasteiger charge is 2.55. The average Bonchev–Trinajstić information content (AvgIpc) is 3.40. The second-order valence-electron chi connectivity index (χ2n) is 13.4. The molecule has 5 atom stereocenters. The van der Waals surface area contributed by atoms with Gasteiger partial charge in [0.15, 0.2) is 20.3 Å². The number of methoxy groups -OCH3 is 2. The largest absolute Gasteiger partial charge is 0.407 e. The summed E-state index contributed by atoms with van der Waals surface area (Å²) in [4.78, 5) is 27.5. The molecule has 1 aliphatic carbocycles. The monoisotopic (exact) mass is 663 g/mol. The molecule has 10 nitrogen and oxygen atoms in total. The predicted molar refractivity (Wildman–Crippen MR) is 182 cm³/mol. The van der Waals surface area contributed by atoms with Crippen molar-refractivity contribution in [1.82, 2.24) is 9.55 Å². The fraction of sp³-hybridized carbons (Fsp3) is 0.444. The van der Waals surface area contributed by atoms with Crippen molar-refractivity contribution < 1.29 is 29.9 Å². The standard InChI is InChI=1S/C36H46N2O8Si/c1-34(2,3)47(6,7)46-31-30(28(24-39)44-32(31)38-23-20-29(40)37-33(38)41)45-36(25-14-10-8-11-15-25,26-16-12-9-13-17-26)27-18-21-35(42-4,43-5)22-19-27/h8-21,23,28,30-32,39H,22,24H2,1-7H3,(H,37,40,41)/t28-,30-,31-,32-/m1/s1/i24D/t24?,28-,30-,31-,32-. The summed E-state index contributed by atoms with van der Waals surface area (Å²) in [5.74, 6) is -0.969. The lowest BCUT2D eigenvalue weighted by atomic mass is 9.77. The lowest BCUT2D eigenvalue weighted by molar-refractivity contribution is -0.168. The number of aliphatic hydroxyl groups excluding tert-OH is 1. The minimum Gasteiger partial charge on any atom is -0.407 e. The first-order valence-corrected chi connectivity index (χ1v) is 18.6. The van der Waals surface area contributed by atoms with Gasteiger partial charge in [0.25, 0.3) is 5.56 Å². The number of hydrogen-bond acceptors (Lipinski definition) is 8. The number of aromatic nitrogens is 2. The van der Waals surface area contributed by atoms with Crippen LogP contribution in [0.25, 0.3) is 0 Å². The number of aliphatic hydroxyl groups is 1. The third kappa shape index (κ3) is 6.66. The minimum atomic E-state index is -2.63. The number of benzene rings is 2. The molecule has 3 aromatic rings. The molecule has 2 heterocycles. The highest BCUT2D eigenvalue weighted by Crippen LogP contribution is 2.49. The number of rotatable bonds is 11. The molecule has 0 spiro atoms. The van der Waals surface area contributed by atoms with Gasteiger partial charge in [-0.05, 0) is 40.9 Å². The van der Waals surface area contributed by atoms with Gasteiger partial charge in [-0.25, -0.2) is 4.79 Å². The van der Waals surface area contributed by atoms with Crippen molar-refractivity contribution in [2.75, 3.05) is 20.8 Å². The summed E-state index contributed by atoms with van der Waals surface area (Å²) in [6.45, 7) is 8.66. The number of nitrogens with zero attached hydrogens (tertiary/aromatic N) is 1. The molecule has 1 aliphatic heterocycles. The molecule has 0 saturated carbocycles. The van der Waals surface area contributed by atoms with Gasteiger partial charge in [-0.3, -0.25) is 14.3 Å². The van der Waals surface area contributed by atoms with E-state index in [-0.39, 0.29) is 5.04 Å². The van der Waals surface area contributed by atoms with Crippen molar-refractivity contribution in [3.8, 4) is 0 Å². The van der Waals surface area contributed by atoms with Crippen molar-refractivity contribution in [3.63, 3.8) is 0 Å². The second kappa shape index (κ2) is 13.6. The number of aromatic amines is 1. The molecule has 1 saturated heterocycles. The first-order valence-electron chi connectivity index (χ1n) is 16.3. The van der Waals surface area contributed by atoms with E-state index < -0.39 is 62.1 Å². The second-order valence-corrected chi connectivity index (χ2v) is 18.2. The molecule has 0 amide bonds. The molecule has 1 aromatic heterocycles. The van der Waals surface area contributed by atoms with E-state index in [1.807, 2.05) is 78.9 Å². The van der Waals surface area contributed by atoms with Crippen LogP contribution in [0.2, 0.25) is 18.1 Å². The Balaban J connectivity index is 1.76. The molecular weight excluding hydrogens is 616 g/mol. The predicted octanol–water partition coefficient (Wildman–Crippen LogP) is 5.02. The molecular formula is C36H46N2O8Si. The van der Waals surface area contributed by atoms with Crippen LogP contribution in [0.4, 0.5) is 0 Å². The molecule has 5 rings (SSSR count). The molecule has 1 unspecified atom stereocenters. The highest BCUT2D eigenvalue weighted by atomic mass is 28.4. The number of nitrogens with one attached hydrogen (secondary N) is 1. The number of H-pyrrole nitrogens is 1. The van der Waals surface area contributed by atoms with Crippen molar-refractivity contribution in [2.24, 2.45) is 0 Å². The van der Waals surface area contributed by atoms with Crippen LogP contribution in [-0.4, -0.2) is 67.9 Å². The van der Waals surface area contributed by atoms with Gasteiger partial charge in [0.2, 0.25) is 0 Å². The Hall–Kier alpha value is -3.42. The zero-order valence-corrected chi connectivity index (χ0v) is 29.0. The Kier molecular flexibility index (Phi) is 9.68. The summed E-state index contributed by atoms with van der Waals surface area (Å²) >= 11 is 0. The summed E-state index contributed by atoms with van der Waals surface area (Å²) < 4.78 is 42.1. The third-order valence-electron chi connectivity index (χ3n) is 9.63. The smallest absolute Gasteiger partial charge is 0.330 e. The quantitative estimate of drug-likeness (QED) is 0.217. The van der Waals surface area contributed by atoms with E-state index in [9.17, 15) is 14.7 Å². The van der Waals surface area contributed by atoms with E-state index in [0.717, 1.165) is 16.7 Å². The number of ether oxygens (including phenoxy) is 4. The van der Waals surface area contributed by atoms with E-state index in [2.05, 4.69) is 38.8 Å². The molecule has 2 aliphatic rings. The van der Waals surface area contributed by atoms with Gasteiger partial charge < -0.3 is 28.5 Å². The van der Waals surface area contributed by atoms with E-state index in [1.54, 1.807) is 14.2 Å². The fourth-order valence-corrected chi connectivity index (χ4v) is 7.20. The first kappa shape index (κ1) is 33.5. The Bertz CT molecular complexity index is 1690. The van der Waals surface area contributed by atoms with Gasteiger partial charge in [0, 0.05) is 32.9 Å². The van der Waals surface area contributed by atoms with Gasteiger partial charge in [-0.15, -0.1) is 0 Å². The molecule has 47 heavy (non-hydrogen) atoms. The Morgan fingerprint density at radius 3 is 2.06 bits per heavy atom. The number of hydrogen-bond donors (Lipinski definition) is 2. The zero-order valence-electron chi connectivity index (χ0n) is 29.0. The van der Waals surface area contributed by atoms with Crippen molar-refractivity contribution >= 4 is 8.32 Å². The van der Waals surface area contributed by atoms with E-state index in [1.165, 1.54) is 16.8 Å². The SMILES string of the molecule is [2H]C(O)[C@H]1O[C@@H](n2ccc(=O)[nH]c2=O)[C@H](O[Si](C)(C)C(C)(C)C)[C@@H]1OC(C1=CCC(OC)(OC)C=C1)(c1ccccc1)c1ccccc1. The third-order valence-corrected chi connectivity index (χ3v) is 14.1. The van der Waals surface area contributed by atoms with E-state index in [4.69, 9.17) is 24.7 Å². The maximum absolute atomic E-state index is 13.2. The van der Waals surface area contributed by atoms with Crippen LogP contribution in [0.1, 0.15) is 45.9 Å². The Morgan fingerprint density at radius 1 is 1.00 bits per heavy atom.